The summed E-state index contributed by atoms with van der Waals surface area (Å²) in [6.45, 7) is 1.50. The van der Waals surface area contributed by atoms with Crippen LogP contribution in [-0.2, 0) is 0 Å². The first kappa shape index (κ1) is 14.2. The van der Waals surface area contributed by atoms with Gasteiger partial charge in [0, 0.05) is 17.3 Å². The molecule has 1 fully saturated rings. The van der Waals surface area contributed by atoms with Crippen molar-refractivity contribution in [2.75, 3.05) is 10.6 Å². The van der Waals surface area contributed by atoms with E-state index in [1.165, 1.54) is 6.92 Å². The number of rotatable bonds is 5. The molecule has 0 aliphatic heterocycles. The number of Topliss-reactive ketones (excluding diaryl/α,β-unsaturated/α-hetero) is 1. The summed E-state index contributed by atoms with van der Waals surface area (Å²) in [4.78, 5) is 23.3. The van der Waals surface area contributed by atoms with Gasteiger partial charge in [-0.05, 0) is 56.2 Å². The van der Waals surface area contributed by atoms with Crippen LogP contribution in [-0.4, -0.2) is 27.9 Å². The van der Waals surface area contributed by atoms with E-state index in [2.05, 4.69) is 20.8 Å². The zero-order valence-corrected chi connectivity index (χ0v) is 12.2. The third-order valence-electron chi connectivity index (χ3n) is 3.38. The summed E-state index contributed by atoms with van der Waals surface area (Å²) in [5.41, 5.74) is 1.46. The minimum Gasteiger partial charge on any atom is -0.366 e. The van der Waals surface area contributed by atoms with E-state index in [-0.39, 0.29) is 17.4 Å². The Bertz CT molecular complexity index is 691. The highest BCUT2D eigenvalue weighted by molar-refractivity contribution is 6.03. The van der Waals surface area contributed by atoms with Crippen molar-refractivity contribution in [1.82, 2.24) is 10.2 Å². The van der Waals surface area contributed by atoms with Gasteiger partial charge in [-0.25, -0.2) is 0 Å². The highest BCUT2D eigenvalue weighted by atomic mass is 16.2. The molecule has 0 atom stereocenters. The van der Waals surface area contributed by atoms with Crippen LogP contribution in [0, 0.1) is 0 Å². The van der Waals surface area contributed by atoms with E-state index < -0.39 is 0 Å². The third kappa shape index (κ3) is 3.46. The third-order valence-corrected chi connectivity index (χ3v) is 3.38. The lowest BCUT2D eigenvalue weighted by atomic mass is 10.1. The van der Waals surface area contributed by atoms with Gasteiger partial charge in [-0.15, -0.1) is 10.2 Å². The van der Waals surface area contributed by atoms with Gasteiger partial charge in [0.1, 0.15) is 5.82 Å². The van der Waals surface area contributed by atoms with Crippen molar-refractivity contribution < 1.29 is 9.59 Å². The Morgan fingerprint density at radius 2 is 1.77 bits per heavy atom. The Kier molecular flexibility index (Phi) is 3.82. The first-order valence-corrected chi connectivity index (χ1v) is 7.14. The summed E-state index contributed by atoms with van der Waals surface area (Å²) in [5, 5.41) is 13.9. The maximum absolute atomic E-state index is 12.1. The van der Waals surface area contributed by atoms with Crippen molar-refractivity contribution in [1.29, 1.82) is 0 Å². The van der Waals surface area contributed by atoms with Gasteiger partial charge in [-0.2, -0.15) is 0 Å². The van der Waals surface area contributed by atoms with E-state index in [0.717, 1.165) is 12.8 Å². The van der Waals surface area contributed by atoms with E-state index in [9.17, 15) is 9.59 Å². The van der Waals surface area contributed by atoms with Crippen LogP contribution in [0.5, 0.6) is 0 Å². The second-order valence-corrected chi connectivity index (χ2v) is 5.31. The predicted molar refractivity (Wildman–Crippen MR) is 83.1 cm³/mol. The maximum Gasteiger partial charge on any atom is 0.276 e. The Morgan fingerprint density at radius 3 is 2.32 bits per heavy atom. The molecule has 1 aromatic heterocycles. The normalized spacial score (nSPS) is 13.5. The molecule has 0 unspecified atom stereocenters. The minimum atomic E-state index is -0.332. The molecule has 112 valence electrons. The van der Waals surface area contributed by atoms with Gasteiger partial charge in [0.05, 0.1) is 0 Å². The van der Waals surface area contributed by atoms with Crippen molar-refractivity contribution in [3.05, 3.63) is 47.7 Å². The largest absolute Gasteiger partial charge is 0.366 e. The number of aromatic nitrogens is 2. The van der Waals surface area contributed by atoms with E-state index >= 15 is 0 Å². The van der Waals surface area contributed by atoms with Crippen LogP contribution in [0.3, 0.4) is 0 Å². The number of amides is 1. The van der Waals surface area contributed by atoms with Crippen molar-refractivity contribution in [2.24, 2.45) is 0 Å². The zero-order valence-electron chi connectivity index (χ0n) is 12.2. The van der Waals surface area contributed by atoms with Crippen LogP contribution < -0.4 is 10.6 Å². The summed E-state index contributed by atoms with van der Waals surface area (Å²) in [7, 11) is 0. The minimum absolute atomic E-state index is 0.0116. The molecule has 0 radical (unpaired) electrons. The van der Waals surface area contributed by atoms with Gasteiger partial charge >= 0.3 is 0 Å². The number of carbonyl (C=O) groups excluding carboxylic acids is 2. The second kappa shape index (κ2) is 5.93. The summed E-state index contributed by atoms with van der Waals surface area (Å²) >= 11 is 0. The van der Waals surface area contributed by atoms with Crippen LogP contribution in [0.2, 0.25) is 0 Å². The highest BCUT2D eigenvalue weighted by Crippen LogP contribution is 2.23. The molecule has 0 bridgehead atoms. The molecule has 1 amide bonds. The molecule has 2 N–H and O–H groups in total. The molecule has 3 rings (SSSR count). The lowest BCUT2D eigenvalue weighted by Crippen LogP contribution is -2.15. The average Bonchev–Trinajstić information content (AvgIpc) is 3.32. The molecule has 1 aliphatic rings. The van der Waals surface area contributed by atoms with E-state index in [1.54, 1.807) is 36.4 Å². The van der Waals surface area contributed by atoms with Crippen molar-refractivity contribution >= 4 is 23.2 Å². The van der Waals surface area contributed by atoms with Crippen LogP contribution in [0.25, 0.3) is 0 Å². The Balaban J connectivity index is 1.64. The zero-order chi connectivity index (χ0) is 15.5. The van der Waals surface area contributed by atoms with Gasteiger partial charge in [-0.3, -0.25) is 9.59 Å². The number of nitrogens with zero attached hydrogens (tertiary/aromatic N) is 2. The standard InChI is InChI=1S/C16H16N4O2/c1-10(21)11-2-4-13(5-3-11)18-16(22)14-8-9-15(20-19-14)17-12-6-7-12/h2-5,8-9,12H,6-7H2,1H3,(H,17,20)(H,18,22). The average molecular weight is 296 g/mol. The maximum atomic E-state index is 12.1. The summed E-state index contributed by atoms with van der Waals surface area (Å²) in [6.07, 6.45) is 2.31. The molecule has 1 aromatic carbocycles. The van der Waals surface area contributed by atoms with Gasteiger partial charge in [0.15, 0.2) is 11.5 Å². The molecule has 22 heavy (non-hydrogen) atoms. The second-order valence-electron chi connectivity index (χ2n) is 5.31. The quantitative estimate of drug-likeness (QED) is 0.828. The highest BCUT2D eigenvalue weighted by Gasteiger charge is 2.21. The first-order chi connectivity index (χ1) is 10.6. The molecule has 6 nitrogen and oxygen atoms in total. The lowest BCUT2D eigenvalue weighted by molar-refractivity contribution is 0.101. The molecule has 1 aliphatic carbocycles. The monoisotopic (exact) mass is 296 g/mol. The van der Waals surface area contributed by atoms with E-state index in [4.69, 9.17) is 0 Å². The fourth-order valence-corrected chi connectivity index (χ4v) is 1.95. The van der Waals surface area contributed by atoms with Gasteiger partial charge in [0.2, 0.25) is 0 Å². The molecular formula is C16H16N4O2. The molecule has 0 saturated heterocycles. The first-order valence-electron chi connectivity index (χ1n) is 7.14. The number of ketones is 1. The van der Waals surface area contributed by atoms with Crippen molar-refractivity contribution in [3.63, 3.8) is 0 Å². The number of anilines is 2. The van der Waals surface area contributed by atoms with Crippen LogP contribution >= 0.6 is 0 Å². The number of carbonyl (C=O) groups is 2. The van der Waals surface area contributed by atoms with Crippen molar-refractivity contribution in [3.8, 4) is 0 Å². The van der Waals surface area contributed by atoms with E-state index in [0.29, 0.717) is 23.1 Å². The molecule has 2 aromatic rings. The van der Waals surface area contributed by atoms with Crippen LogP contribution in [0.4, 0.5) is 11.5 Å². The van der Waals surface area contributed by atoms with Gasteiger partial charge in [-0.1, -0.05) is 0 Å². The van der Waals surface area contributed by atoms with Gasteiger partial charge < -0.3 is 10.6 Å². The molecule has 1 heterocycles. The Hall–Kier alpha value is -2.76. The summed E-state index contributed by atoms with van der Waals surface area (Å²) < 4.78 is 0. The number of hydrogen-bond donors (Lipinski definition) is 2. The Morgan fingerprint density at radius 1 is 1.05 bits per heavy atom. The summed E-state index contributed by atoms with van der Waals surface area (Å²) in [6, 6.07) is 10.6. The summed E-state index contributed by atoms with van der Waals surface area (Å²) in [5.74, 6) is 0.341. The molecule has 0 spiro atoms. The van der Waals surface area contributed by atoms with E-state index in [1.807, 2.05) is 0 Å². The fourth-order valence-electron chi connectivity index (χ4n) is 1.95. The predicted octanol–water partition coefficient (Wildman–Crippen LogP) is 2.51. The topological polar surface area (TPSA) is 84.0 Å². The molecule has 1 saturated carbocycles. The number of benzene rings is 1. The number of nitrogens with one attached hydrogen (secondary N) is 2. The van der Waals surface area contributed by atoms with Crippen LogP contribution in [0.1, 0.15) is 40.6 Å². The smallest absolute Gasteiger partial charge is 0.276 e. The van der Waals surface area contributed by atoms with Gasteiger partial charge in [0.25, 0.3) is 5.91 Å². The Labute approximate surface area is 128 Å². The number of hydrogen-bond acceptors (Lipinski definition) is 5. The molecular weight excluding hydrogens is 280 g/mol. The molecule has 6 heteroatoms. The van der Waals surface area contributed by atoms with Crippen LogP contribution in [0.15, 0.2) is 36.4 Å². The lowest BCUT2D eigenvalue weighted by Gasteiger charge is -2.06. The van der Waals surface area contributed by atoms with Crippen molar-refractivity contribution in [2.45, 2.75) is 25.8 Å². The fraction of sp³-hybridized carbons (Fsp3) is 0.250. The SMILES string of the molecule is CC(=O)c1ccc(NC(=O)c2ccc(NC3CC3)nn2)cc1.